The Morgan fingerprint density at radius 2 is 2.10 bits per heavy atom. The van der Waals surface area contributed by atoms with Gasteiger partial charge >= 0.3 is 0 Å². The fourth-order valence-corrected chi connectivity index (χ4v) is 3.69. The van der Waals surface area contributed by atoms with Crippen molar-refractivity contribution in [1.82, 2.24) is 15.1 Å². The third kappa shape index (κ3) is 3.25. The van der Waals surface area contributed by atoms with Gasteiger partial charge in [-0.1, -0.05) is 12.1 Å². The van der Waals surface area contributed by atoms with Crippen molar-refractivity contribution in [2.45, 2.75) is 17.5 Å². The topological polar surface area (TPSA) is 35.6 Å². The predicted octanol–water partition coefficient (Wildman–Crippen LogP) is 1.79. The van der Waals surface area contributed by atoms with E-state index in [4.69, 9.17) is 0 Å². The van der Waals surface area contributed by atoms with Crippen molar-refractivity contribution in [3.8, 4) is 0 Å². The van der Waals surface area contributed by atoms with Crippen LogP contribution in [0.3, 0.4) is 0 Å². The van der Waals surface area contributed by atoms with Crippen LogP contribution < -0.4 is 5.32 Å². The molecule has 4 nitrogen and oxygen atoms in total. The minimum absolute atomic E-state index is 0.0410. The van der Waals surface area contributed by atoms with Crippen molar-refractivity contribution in [2.75, 3.05) is 39.5 Å². The molecule has 2 aliphatic heterocycles. The lowest BCUT2D eigenvalue weighted by atomic mass is 10.1. The maximum Gasteiger partial charge on any atom is 0.238 e. The average molecular weight is 305 g/mol. The SMILES string of the molecule is CSc1ccc(C2NCC(=O)N2CC2CCN(C)C2)cc1. The number of hydrogen-bond donors (Lipinski definition) is 1. The van der Waals surface area contributed by atoms with E-state index in [9.17, 15) is 4.79 Å². The lowest BCUT2D eigenvalue weighted by Gasteiger charge is -2.27. The lowest BCUT2D eigenvalue weighted by Crippen LogP contribution is -2.35. The zero-order valence-corrected chi connectivity index (χ0v) is 13.5. The number of carbonyl (C=O) groups excluding carboxylic acids is 1. The summed E-state index contributed by atoms with van der Waals surface area (Å²) in [5.41, 5.74) is 1.19. The van der Waals surface area contributed by atoms with E-state index in [1.54, 1.807) is 11.8 Å². The first-order valence-corrected chi connectivity index (χ1v) is 8.75. The van der Waals surface area contributed by atoms with Crippen molar-refractivity contribution >= 4 is 17.7 Å². The summed E-state index contributed by atoms with van der Waals surface area (Å²) in [5, 5.41) is 3.35. The average Bonchev–Trinajstić information content (AvgIpc) is 3.07. The number of benzene rings is 1. The highest BCUT2D eigenvalue weighted by molar-refractivity contribution is 7.98. The molecule has 1 aromatic rings. The summed E-state index contributed by atoms with van der Waals surface area (Å²) in [4.78, 5) is 17.8. The number of thioether (sulfide) groups is 1. The second-order valence-corrected chi connectivity index (χ2v) is 6.90. The third-order valence-electron chi connectivity index (χ3n) is 4.45. The van der Waals surface area contributed by atoms with E-state index >= 15 is 0 Å². The molecule has 0 bridgehead atoms. The van der Waals surface area contributed by atoms with Crippen LogP contribution in [0.1, 0.15) is 18.2 Å². The van der Waals surface area contributed by atoms with Gasteiger partial charge in [-0.15, -0.1) is 11.8 Å². The summed E-state index contributed by atoms with van der Waals surface area (Å²) >= 11 is 1.74. The van der Waals surface area contributed by atoms with Gasteiger partial charge in [-0.3, -0.25) is 10.1 Å². The maximum absolute atomic E-state index is 12.2. The summed E-state index contributed by atoms with van der Waals surface area (Å²) in [6, 6.07) is 8.53. The molecule has 2 atom stereocenters. The number of hydrogen-bond acceptors (Lipinski definition) is 4. The molecule has 114 valence electrons. The van der Waals surface area contributed by atoms with Crippen LogP contribution in [-0.4, -0.2) is 55.2 Å². The molecule has 2 unspecified atom stereocenters. The molecule has 21 heavy (non-hydrogen) atoms. The summed E-state index contributed by atoms with van der Waals surface area (Å²) in [6.07, 6.45) is 3.31. The van der Waals surface area contributed by atoms with Gasteiger partial charge in [0.25, 0.3) is 0 Å². The predicted molar refractivity (Wildman–Crippen MR) is 86.3 cm³/mol. The Hall–Kier alpha value is -1.04. The van der Waals surface area contributed by atoms with Gasteiger partial charge in [0, 0.05) is 18.0 Å². The minimum Gasteiger partial charge on any atom is -0.321 e. The molecule has 1 N–H and O–H groups in total. The Labute approximate surface area is 130 Å². The molecule has 0 aromatic heterocycles. The first-order valence-electron chi connectivity index (χ1n) is 7.52. The second-order valence-electron chi connectivity index (χ2n) is 6.02. The Bertz CT molecular complexity index is 505. The summed E-state index contributed by atoms with van der Waals surface area (Å²) in [6.45, 7) is 3.57. The van der Waals surface area contributed by atoms with Crippen LogP contribution in [0.4, 0.5) is 0 Å². The first kappa shape index (κ1) is 14.9. The molecule has 0 radical (unpaired) electrons. The van der Waals surface area contributed by atoms with Crippen molar-refractivity contribution in [2.24, 2.45) is 5.92 Å². The molecule has 2 saturated heterocycles. The summed E-state index contributed by atoms with van der Waals surface area (Å²) < 4.78 is 0. The Kier molecular flexibility index (Phi) is 4.52. The lowest BCUT2D eigenvalue weighted by molar-refractivity contribution is -0.128. The first-order chi connectivity index (χ1) is 10.2. The van der Waals surface area contributed by atoms with E-state index in [0.29, 0.717) is 12.5 Å². The molecule has 0 spiro atoms. The minimum atomic E-state index is 0.0410. The van der Waals surface area contributed by atoms with Gasteiger partial charge in [-0.2, -0.15) is 0 Å². The zero-order valence-electron chi connectivity index (χ0n) is 12.7. The van der Waals surface area contributed by atoms with Crippen LogP contribution in [0.25, 0.3) is 0 Å². The summed E-state index contributed by atoms with van der Waals surface area (Å²) in [7, 11) is 2.16. The molecule has 1 aromatic carbocycles. The number of likely N-dealkylation sites (tertiary alicyclic amines) is 1. The van der Waals surface area contributed by atoms with E-state index in [-0.39, 0.29) is 12.1 Å². The van der Waals surface area contributed by atoms with E-state index in [1.807, 2.05) is 4.90 Å². The van der Waals surface area contributed by atoms with Crippen molar-refractivity contribution in [3.05, 3.63) is 29.8 Å². The highest BCUT2D eigenvalue weighted by atomic mass is 32.2. The highest BCUT2D eigenvalue weighted by Crippen LogP contribution is 2.27. The number of amides is 1. The molecule has 0 aliphatic carbocycles. The molecule has 2 aliphatic rings. The van der Waals surface area contributed by atoms with E-state index in [0.717, 1.165) is 19.6 Å². The van der Waals surface area contributed by atoms with Crippen LogP contribution in [-0.2, 0) is 4.79 Å². The zero-order chi connectivity index (χ0) is 14.8. The van der Waals surface area contributed by atoms with Crippen LogP contribution in [0.5, 0.6) is 0 Å². The van der Waals surface area contributed by atoms with Crippen LogP contribution in [0, 0.1) is 5.92 Å². The monoisotopic (exact) mass is 305 g/mol. The fraction of sp³-hybridized carbons (Fsp3) is 0.562. The Morgan fingerprint density at radius 1 is 1.33 bits per heavy atom. The van der Waals surface area contributed by atoms with Gasteiger partial charge in [0.15, 0.2) is 0 Å². The molecule has 3 rings (SSSR count). The smallest absolute Gasteiger partial charge is 0.238 e. The van der Waals surface area contributed by atoms with Gasteiger partial charge < -0.3 is 9.80 Å². The van der Waals surface area contributed by atoms with E-state index in [1.165, 1.54) is 16.9 Å². The number of nitrogens with one attached hydrogen (secondary N) is 1. The molecule has 2 heterocycles. The number of rotatable bonds is 4. The molecule has 2 fully saturated rings. The third-order valence-corrected chi connectivity index (χ3v) is 5.20. The molecule has 5 heteroatoms. The van der Waals surface area contributed by atoms with E-state index < -0.39 is 0 Å². The van der Waals surface area contributed by atoms with E-state index in [2.05, 4.69) is 47.8 Å². The molecule has 0 saturated carbocycles. The second kappa shape index (κ2) is 6.38. The van der Waals surface area contributed by atoms with Gasteiger partial charge in [0.1, 0.15) is 6.17 Å². The van der Waals surface area contributed by atoms with Gasteiger partial charge in [0.05, 0.1) is 6.54 Å². The maximum atomic E-state index is 12.2. The normalized spacial score (nSPS) is 26.8. The number of carbonyl (C=O) groups is 1. The molecule has 1 amide bonds. The quantitative estimate of drug-likeness (QED) is 0.860. The van der Waals surface area contributed by atoms with Gasteiger partial charge in [-0.05, 0) is 49.9 Å². The Balaban J connectivity index is 1.72. The van der Waals surface area contributed by atoms with Crippen molar-refractivity contribution in [3.63, 3.8) is 0 Å². The van der Waals surface area contributed by atoms with Crippen LogP contribution in [0.2, 0.25) is 0 Å². The van der Waals surface area contributed by atoms with Crippen LogP contribution in [0.15, 0.2) is 29.2 Å². The molecular formula is C16H23N3OS. The van der Waals surface area contributed by atoms with Crippen LogP contribution >= 0.6 is 11.8 Å². The highest BCUT2D eigenvalue weighted by Gasteiger charge is 2.34. The van der Waals surface area contributed by atoms with Crippen molar-refractivity contribution < 1.29 is 4.79 Å². The Morgan fingerprint density at radius 3 is 2.71 bits per heavy atom. The fourth-order valence-electron chi connectivity index (χ4n) is 3.28. The van der Waals surface area contributed by atoms with Gasteiger partial charge in [-0.25, -0.2) is 0 Å². The standard InChI is InChI=1S/C16H23N3OS/c1-18-8-7-12(10-18)11-19-15(20)9-17-16(19)13-3-5-14(21-2)6-4-13/h3-6,12,16-17H,7-11H2,1-2H3. The van der Waals surface area contributed by atoms with Crippen molar-refractivity contribution in [1.29, 1.82) is 0 Å². The number of nitrogens with zero attached hydrogens (tertiary/aromatic N) is 2. The summed E-state index contributed by atoms with van der Waals surface area (Å²) in [5.74, 6) is 0.829. The molecular weight excluding hydrogens is 282 g/mol. The van der Waals surface area contributed by atoms with Gasteiger partial charge in [0.2, 0.25) is 5.91 Å². The largest absolute Gasteiger partial charge is 0.321 e.